The van der Waals surface area contributed by atoms with Gasteiger partial charge in [0, 0.05) is 24.1 Å². The lowest BCUT2D eigenvalue weighted by atomic mass is 10.1. The molecule has 0 atom stereocenters. The number of methoxy groups -OCH3 is 1. The van der Waals surface area contributed by atoms with Crippen molar-refractivity contribution < 1.29 is 9.26 Å². The summed E-state index contributed by atoms with van der Waals surface area (Å²) in [5, 5.41) is 3.85. The van der Waals surface area contributed by atoms with Gasteiger partial charge in [-0.05, 0) is 18.2 Å². The predicted octanol–water partition coefficient (Wildman–Crippen LogP) is 1.78. The molecular formula is C13H11N5O2. The highest BCUT2D eigenvalue weighted by molar-refractivity contribution is 5.72. The van der Waals surface area contributed by atoms with E-state index in [0.717, 1.165) is 0 Å². The fraction of sp³-hybridized carbons (Fsp3) is 0.0769. The molecule has 1 aromatic carbocycles. The molecule has 100 valence electrons. The van der Waals surface area contributed by atoms with Gasteiger partial charge in [0.15, 0.2) is 0 Å². The van der Waals surface area contributed by atoms with E-state index in [1.807, 2.05) is 0 Å². The summed E-state index contributed by atoms with van der Waals surface area (Å²) in [4.78, 5) is 12.4. The number of hydrogen-bond donors (Lipinski definition) is 1. The Hall–Kier alpha value is -2.96. The number of benzene rings is 1. The maximum absolute atomic E-state index is 5.94. The molecule has 0 aliphatic carbocycles. The summed E-state index contributed by atoms with van der Waals surface area (Å²) in [6.07, 6.45) is 3.22. The van der Waals surface area contributed by atoms with Crippen LogP contribution < -0.4 is 10.5 Å². The van der Waals surface area contributed by atoms with Crippen molar-refractivity contribution in [1.29, 1.82) is 0 Å². The summed E-state index contributed by atoms with van der Waals surface area (Å²) in [6, 6.07) is 6.94. The van der Waals surface area contributed by atoms with Gasteiger partial charge in [0.2, 0.25) is 11.6 Å². The summed E-state index contributed by atoms with van der Waals surface area (Å²) in [5.41, 5.74) is 7.07. The topological polar surface area (TPSA) is 100.0 Å². The predicted molar refractivity (Wildman–Crippen MR) is 71.7 cm³/mol. The van der Waals surface area contributed by atoms with Gasteiger partial charge >= 0.3 is 0 Å². The first-order chi connectivity index (χ1) is 9.78. The van der Waals surface area contributed by atoms with E-state index in [1.165, 1.54) is 0 Å². The van der Waals surface area contributed by atoms with Gasteiger partial charge in [-0.15, -0.1) is 0 Å². The van der Waals surface area contributed by atoms with Gasteiger partial charge < -0.3 is 15.0 Å². The molecule has 0 radical (unpaired) electrons. The molecule has 2 N–H and O–H groups in total. The molecule has 7 nitrogen and oxygen atoms in total. The Morgan fingerprint density at radius 1 is 1.15 bits per heavy atom. The van der Waals surface area contributed by atoms with Gasteiger partial charge in [-0.3, -0.25) is 0 Å². The molecule has 0 saturated heterocycles. The maximum atomic E-state index is 5.94. The zero-order chi connectivity index (χ0) is 13.9. The van der Waals surface area contributed by atoms with Crippen LogP contribution in [0.3, 0.4) is 0 Å². The molecule has 7 heteroatoms. The third-order valence-corrected chi connectivity index (χ3v) is 2.68. The van der Waals surface area contributed by atoms with E-state index >= 15 is 0 Å². The minimum atomic E-state index is 0.313. The smallest absolute Gasteiger partial charge is 0.260 e. The molecule has 0 unspecified atom stereocenters. The molecule has 3 rings (SSSR count). The minimum absolute atomic E-state index is 0.313. The Balaban J connectivity index is 1.98. The molecular weight excluding hydrogens is 258 g/mol. The number of nitrogen functional groups attached to an aromatic ring is 1. The summed E-state index contributed by atoms with van der Waals surface area (Å²) in [7, 11) is 1.58. The van der Waals surface area contributed by atoms with Crippen molar-refractivity contribution >= 4 is 5.69 Å². The first-order valence-corrected chi connectivity index (χ1v) is 5.83. The zero-order valence-corrected chi connectivity index (χ0v) is 10.6. The van der Waals surface area contributed by atoms with Crippen molar-refractivity contribution in [2.24, 2.45) is 0 Å². The number of nitrogens with zero attached hydrogens (tertiary/aromatic N) is 4. The second-order valence-electron chi connectivity index (χ2n) is 3.95. The van der Waals surface area contributed by atoms with E-state index in [2.05, 4.69) is 20.1 Å². The van der Waals surface area contributed by atoms with Crippen LogP contribution in [0.5, 0.6) is 5.75 Å². The van der Waals surface area contributed by atoms with Crippen LogP contribution in [0.15, 0.2) is 41.2 Å². The van der Waals surface area contributed by atoms with Crippen molar-refractivity contribution in [2.75, 3.05) is 12.8 Å². The molecule has 20 heavy (non-hydrogen) atoms. The van der Waals surface area contributed by atoms with Crippen LogP contribution in [0.2, 0.25) is 0 Å². The second kappa shape index (κ2) is 4.96. The number of nitrogens with two attached hydrogens (primary N) is 1. The van der Waals surface area contributed by atoms with Crippen molar-refractivity contribution in [3.8, 4) is 28.9 Å². The average molecular weight is 269 g/mol. The number of rotatable bonds is 3. The fourth-order valence-electron chi connectivity index (χ4n) is 1.70. The highest BCUT2D eigenvalue weighted by Gasteiger charge is 2.14. The lowest BCUT2D eigenvalue weighted by Gasteiger charge is -2.03. The molecule has 0 aliphatic heterocycles. The van der Waals surface area contributed by atoms with E-state index in [-0.39, 0.29) is 0 Å². The SMILES string of the molecule is COc1ccc(-c2nc(-c3ncccn3)no2)c(N)c1. The molecule has 0 fully saturated rings. The van der Waals surface area contributed by atoms with Crippen molar-refractivity contribution in [3.63, 3.8) is 0 Å². The number of hydrogen-bond acceptors (Lipinski definition) is 7. The van der Waals surface area contributed by atoms with Crippen LogP contribution >= 0.6 is 0 Å². The van der Waals surface area contributed by atoms with Crippen LogP contribution in [0, 0.1) is 0 Å². The van der Waals surface area contributed by atoms with Crippen molar-refractivity contribution in [3.05, 3.63) is 36.7 Å². The van der Waals surface area contributed by atoms with Crippen LogP contribution in [0.1, 0.15) is 0 Å². The van der Waals surface area contributed by atoms with Crippen LogP contribution in [-0.4, -0.2) is 27.2 Å². The summed E-state index contributed by atoms with van der Waals surface area (Å²) >= 11 is 0. The summed E-state index contributed by atoms with van der Waals surface area (Å²) in [6.45, 7) is 0. The third-order valence-electron chi connectivity index (χ3n) is 2.68. The number of aromatic nitrogens is 4. The Morgan fingerprint density at radius 3 is 2.65 bits per heavy atom. The van der Waals surface area contributed by atoms with E-state index in [4.69, 9.17) is 15.0 Å². The van der Waals surface area contributed by atoms with Crippen LogP contribution in [0.25, 0.3) is 23.1 Å². The van der Waals surface area contributed by atoms with Gasteiger partial charge in [0.1, 0.15) is 5.75 Å². The third kappa shape index (κ3) is 2.16. The number of anilines is 1. The monoisotopic (exact) mass is 269 g/mol. The quantitative estimate of drug-likeness (QED) is 0.723. The van der Waals surface area contributed by atoms with Crippen molar-refractivity contribution in [1.82, 2.24) is 20.1 Å². The molecule has 0 bridgehead atoms. The van der Waals surface area contributed by atoms with E-state index in [0.29, 0.717) is 34.5 Å². The van der Waals surface area contributed by atoms with Crippen LogP contribution in [-0.2, 0) is 0 Å². The first-order valence-electron chi connectivity index (χ1n) is 5.83. The highest BCUT2D eigenvalue weighted by atomic mass is 16.5. The van der Waals surface area contributed by atoms with E-state index in [9.17, 15) is 0 Å². The Morgan fingerprint density at radius 2 is 1.95 bits per heavy atom. The van der Waals surface area contributed by atoms with Gasteiger partial charge in [0.05, 0.1) is 12.7 Å². The fourth-order valence-corrected chi connectivity index (χ4v) is 1.70. The van der Waals surface area contributed by atoms with Gasteiger partial charge in [-0.2, -0.15) is 4.98 Å². The Kier molecular flexibility index (Phi) is 3.00. The molecule has 3 aromatic rings. The lowest BCUT2D eigenvalue weighted by molar-refractivity contribution is 0.414. The zero-order valence-electron chi connectivity index (χ0n) is 10.6. The van der Waals surface area contributed by atoms with Gasteiger partial charge in [-0.25, -0.2) is 9.97 Å². The van der Waals surface area contributed by atoms with Crippen LogP contribution in [0.4, 0.5) is 5.69 Å². The van der Waals surface area contributed by atoms with E-state index in [1.54, 1.807) is 43.8 Å². The molecule has 2 aromatic heterocycles. The normalized spacial score (nSPS) is 10.4. The van der Waals surface area contributed by atoms with E-state index < -0.39 is 0 Å². The summed E-state index contributed by atoms with van der Waals surface area (Å²) in [5.74, 6) is 1.69. The van der Waals surface area contributed by atoms with Gasteiger partial charge in [-0.1, -0.05) is 5.16 Å². The molecule has 0 amide bonds. The molecule has 2 heterocycles. The highest BCUT2D eigenvalue weighted by Crippen LogP contribution is 2.28. The maximum Gasteiger partial charge on any atom is 0.260 e. The minimum Gasteiger partial charge on any atom is -0.497 e. The Bertz CT molecular complexity index is 727. The molecule has 0 saturated carbocycles. The molecule has 0 spiro atoms. The Labute approximate surface area is 114 Å². The molecule has 0 aliphatic rings. The summed E-state index contributed by atoms with van der Waals surface area (Å²) < 4.78 is 10.3. The van der Waals surface area contributed by atoms with Gasteiger partial charge in [0.25, 0.3) is 5.89 Å². The standard InChI is InChI=1S/C13H11N5O2/c1-19-8-3-4-9(10(14)7-8)13-17-12(18-20-13)11-15-5-2-6-16-11/h2-7H,14H2,1H3. The lowest BCUT2D eigenvalue weighted by Crippen LogP contribution is -1.92. The average Bonchev–Trinajstić information content (AvgIpc) is 2.97. The number of ether oxygens (including phenoxy) is 1. The largest absolute Gasteiger partial charge is 0.497 e. The second-order valence-corrected chi connectivity index (χ2v) is 3.95. The first kappa shape index (κ1) is 12.1. The van der Waals surface area contributed by atoms with Crippen molar-refractivity contribution in [2.45, 2.75) is 0 Å².